The molecule has 156 valence electrons. The van der Waals surface area contributed by atoms with Gasteiger partial charge in [0.25, 0.3) is 0 Å². The molecule has 0 saturated heterocycles. The standard InChI is InChI=1S/C22H25N5O3/c1-2-30-21(28)17-14-23-27(19-13-12-15-8-6-7-11-18(15)25-19)20(17)26-22(29)24-16-9-4-3-5-10-16/h6-8,11-14,16H,2-5,9-10H2,1H3,(H2,24,26,29). The van der Waals surface area contributed by atoms with Gasteiger partial charge in [0.2, 0.25) is 0 Å². The van der Waals surface area contributed by atoms with E-state index in [-0.39, 0.29) is 30.1 Å². The summed E-state index contributed by atoms with van der Waals surface area (Å²) >= 11 is 0. The Balaban J connectivity index is 1.65. The molecule has 0 atom stereocenters. The molecule has 2 aromatic heterocycles. The lowest BCUT2D eigenvalue weighted by Crippen LogP contribution is -2.39. The number of carbonyl (C=O) groups excluding carboxylic acids is 2. The molecule has 0 unspecified atom stereocenters. The lowest BCUT2D eigenvalue weighted by atomic mass is 9.96. The summed E-state index contributed by atoms with van der Waals surface area (Å²) in [5.74, 6) is 0.194. The number of nitrogens with zero attached hydrogens (tertiary/aromatic N) is 3. The zero-order chi connectivity index (χ0) is 20.9. The second kappa shape index (κ2) is 8.94. The van der Waals surface area contributed by atoms with Gasteiger partial charge in [-0.3, -0.25) is 5.32 Å². The van der Waals surface area contributed by atoms with Crippen molar-refractivity contribution in [2.24, 2.45) is 0 Å². The first kappa shape index (κ1) is 19.9. The number of carbonyl (C=O) groups is 2. The van der Waals surface area contributed by atoms with Crippen LogP contribution in [0.2, 0.25) is 0 Å². The van der Waals surface area contributed by atoms with Gasteiger partial charge in [-0.15, -0.1) is 0 Å². The van der Waals surface area contributed by atoms with E-state index in [1.807, 2.05) is 30.3 Å². The number of hydrogen-bond acceptors (Lipinski definition) is 5. The number of urea groups is 1. The van der Waals surface area contributed by atoms with Gasteiger partial charge in [0, 0.05) is 11.4 Å². The van der Waals surface area contributed by atoms with Crippen molar-refractivity contribution in [3.05, 3.63) is 48.2 Å². The van der Waals surface area contributed by atoms with Crippen LogP contribution in [0.4, 0.5) is 10.6 Å². The van der Waals surface area contributed by atoms with E-state index in [9.17, 15) is 9.59 Å². The lowest BCUT2D eigenvalue weighted by molar-refractivity contribution is 0.0527. The van der Waals surface area contributed by atoms with E-state index in [0.717, 1.165) is 36.6 Å². The van der Waals surface area contributed by atoms with Crippen molar-refractivity contribution in [3.63, 3.8) is 0 Å². The largest absolute Gasteiger partial charge is 0.462 e. The van der Waals surface area contributed by atoms with Crippen molar-refractivity contribution in [2.45, 2.75) is 45.1 Å². The van der Waals surface area contributed by atoms with E-state index in [4.69, 9.17) is 4.74 Å². The summed E-state index contributed by atoms with van der Waals surface area (Å²) in [6.07, 6.45) is 6.74. The number of ether oxygens (including phenoxy) is 1. The molecule has 2 N–H and O–H groups in total. The summed E-state index contributed by atoms with van der Waals surface area (Å²) in [5.41, 5.74) is 0.978. The zero-order valence-electron chi connectivity index (χ0n) is 16.9. The molecule has 1 aliphatic carbocycles. The molecule has 2 heterocycles. The van der Waals surface area contributed by atoms with Gasteiger partial charge in [-0.05, 0) is 38.0 Å². The molecular formula is C22H25N5O3. The van der Waals surface area contributed by atoms with Crippen molar-refractivity contribution in [1.29, 1.82) is 0 Å². The number of fused-ring (bicyclic) bond motifs is 1. The Morgan fingerprint density at radius 2 is 1.93 bits per heavy atom. The number of hydrogen-bond donors (Lipinski definition) is 2. The Morgan fingerprint density at radius 3 is 2.73 bits per heavy atom. The minimum atomic E-state index is -0.544. The fourth-order valence-electron chi connectivity index (χ4n) is 3.75. The molecule has 3 aromatic rings. The normalized spacial score (nSPS) is 14.4. The molecule has 0 spiro atoms. The molecule has 0 aliphatic heterocycles. The van der Waals surface area contributed by atoms with E-state index in [2.05, 4.69) is 20.7 Å². The number of benzene rings is 1. The van der Waals surface area contributed by atoms with Crippen LogP contribution in [0.5, 0.6) is 0 Å². The first-order chi connectivity index (χ1) is 14.7. The molecule has 0 bridgehead atoms. The van der Waals surface area contributed by atoms with Crippen molar-refractivity contribution in [2.75, 3.05) is 11.9 Å². The first-order valence-corrected chi connectivity index (χ1v) is 10.3. The Morgan fingerprint density at radius 1 is 1.13 bits per heavy atom. The number of esters is 1. The summed E-state index contributed by atoms with van der Waals surface area (Å²) in [7, 11) is 0. The molecule has 8 heteroatoms. The monoisotopic (exact) mass is 407 g/mol. The Bertz CT molecular complexity index is 1060. The topological polar surface area (TPSA) is 98.1 Å². The van der Waals surface area contributed by atoms with E-state index >= 15 is 0 Å². The molecule has 2 amide bonds. The summed E-state index contributed by atoms with van der Waals surface area (Å²) in [6.45, 7) is 1.96. The number of para-hydroxylation sites is 1. The highest BCUT2D eigenvalue weighted by atomic mass is 16.5. The van der Waals surface area contributed by atoms with E-state index < -0.39 is 5.97 Å². The van der Waals surface area contributed by atoms with Gasteiger partial charge >= 0.3 is 12.0 Å². The van der Waals surface area contributed by atoms with Crippen LogP contribution in [0.15, 0.2) is 42.6 Å². The smallest absolute Gasteiger partial charge is 0.343 e. The Labute approximate surface area is 174 Å². The highest BCUT2D eigenvalue weighted by molar-refractivity contribution is 6.00. The quantitative estimate of drug-likeness (QED) is 0.622. The van der Waals surface area contributed by atoms with Crippen molar-refractivity contribution in [3.8, 4) is 5.82 Å². The molecule has 1 fully saturated rings. The lowest BCUT2D eigenvalue weighted by Gasteiger charge is -2.23. The van der Waals surface area contributed by atoms with Crippen molar-refractivity contribution >= 4 is 28.7 Å². The third-order valence-corrected chi connectivity index (χ3v) is 5.24. The number of pyridine rings is 1. The third kappa shape index (κ3) is 4.27. The second-order valence-electron chi connectivity index (χ2n) is 7.33. The van der Waals surface area contributed by atoms with Gasteiger partial charge in [-0.2, -0.15) is 9.78 Å². The molecule has 8 nitrogen and oxygen atoms in total. The van der Waals surface area contributed by atoms with E-state index in [1.165, 1.54) is 17.3 Å². The van der Waals surface area contributed by atoms with Gasteiger partial charge in [0.1, 0.15) is 5.56 Å². The predicted octanol–water partition coefficient (Wildman–Crippen LogP) is 4.05. The Hall–Kier alpha value is -3.42. The van der Waals surface area contributed by atoms with Crippen molar-refractivity contribution in [1.82, 2.24) is 20.1 Å². The summed E-state index contributed by atoms with van der Waals surface area (Å²) < 4.78 is 6.59. The molecular weight excluding hydrogens is 382 g/mol. The minimum Gasteiger partial charge on any atom is -0.462 e. The maximum absolute atomic E-state index is 12.7. The average molecular weight is 407 g/mol. The summed E-state index contributed by atoms with van der Waals surface area (Å²) in [5, 5.41) is 11.1. The van der Waals surface area contributed by atoms with Gasteiger partial charge in [0.15, 0.2) is 11.6 Å². The minimum absolute atomic E-state index is 0.139. The number of aromatic nitrogens is 3. The average Bonchev–Trinajstić information content (AvgIpc) is 3.17. The maximum atomic E-state index is 12.7. The number of nitrogens with one attached hydrogen (secondary N) is 2. The number of rotatable bonds is 5. The predicted molar refractivity (Wildman–Crippen MR) is 114 cm³/mol. The van der Waals surface area contributed by atoms with Crippen LogP contribution in [-0.4, -0.2) is 39.4 Å². The molecule has 1 saturated carbocycles. The van der Waals surface area contributed by atoms with E-state index in [1.54, 1.807) is 13.0 Å². The second-order valence-corrected chi connectivity index (χ2v) is 7.33. The maximum Gasteiger partial charge on any atom is 0.343 e. The first-order valence-electron chi connectivity index (χ1n) is 10.3. The fraction of sp³-hybridized carbons (Fsp3) is 0.364. The van der Waals surface area contributed by atoms with Gasteiger partial charge in [-0.25, -0.2) is 14.6 Å². The van der Waals surface area contributed by atoms with Crippen LogP contribution >= 0.6 is 0 Å². The third-order valence-electron chi connectivity index (χ3n) is 5.24. The van der Waals surface area contributed by atoms with Crippen LogP contribution in [0.3, 0.4) is 0 Å². The van der Waals surface area contributed by atoms with Crippen LogP contribution < -0.4 is 10.6 Å². The van der Waals surface area contributed by atoms with Crippen LogP contribution in [0.25, 0.3) is 16.7 Å². The van der Waals surface area contributed by atoms with Crippen LogP contribution in [0.1, 0.15) is 49.4 Å². The number of anilines is 1. The van der Waals surface area contributed by atoms with Gasteiger partial charge in [0.05, 0.1) is 18.3 Å². The van der Waals surface area contributed by atoms with Crippen LogP contribution in [0, 0.1) is 0 Å². The zero-order valence-corrected chi connectivity index (χ0v) is 16.9. The summed E-state index contributed by atoms with van der Waals surface area (Å²) in [4.78, 5) is 29.7. The molecule has 0 radical (unpaired) electrons. The van der Waals surface area contributed by atoms with Gasteiger partial charge < -0.3 is 10.1 Å². The van der Waals surface area contributed by atoms with Gasteiger partial charge in [-0.1, -0.05) is 37.5 Å². The van der Waals surface area contributed by atoms with Crippen molar-refractivity contribution < 1.29 is 14.3 Å². The fourth-order valence-corrected chi connectivity index (χ4v) is 3.75. The van der Waals surface area contributed by atoms with Crippen LogP contribution in [-0.2, 0) is 4.74 Å². The molecule has 1 aromatic carbocycles. The highest BCUT2D eigenvalue weighted by Crippen LogP contribution is 2.23. The Kier molecular flexibility index (Phi) is 5.92. The summed E-state index contributed by atoms with van der Waals surface area (Å²) in [6, 6.07) is 11.2. The number of amides is 2. The van der Waals surface area contributed by atoms with E-state index in [0.29, 0.717) is 5.82 Å². The molecule has 30 heavy (non-hydrogen) atoms. The molecule has 4 rings (SSSR count). The molecule has 1 aliphatic rings. The highest BCUT2D eigenvalue weighted by Gasteiger charge is 2.23. The SMILES string of the molecule is CCOC(=O)c1cnn(-c2ccc3ccccc3n2)c1NC(=O)NC1CCCCC1.